The molecule has 35 heavy (non-hydrogen) atoms. The van der Waals surface area contributed by atoms with Gasteiger partial charge in [0, 0.05) is 43.3 Å². The first kappa shape index (κ1) is 23.7. The quantitative estimate of drug-likeness (QED) is 0.493. The Morgan fingerprint density at radius 2 is 1.83 bits per heavy atom. The van der Waals surface area contributed by atoms with E-state index in [0.29, 0.717) is 33.1 Å². The number of carbonyl (C=O) groups is 1. The zero-order chi connectivity index (χ0) is 24.5. The highest BCUT2D eigenvalue weighted by Gasteiger charge is 2.32. The van der Waals surface area contributed by atoms with Crippen LogP contribution in [-0.4, -0.2) is 47.8 Å². The fourth-order valence-electron chi connectivity index (χ4n) is 4.65. The molecule has 182 valence electrons. The predicted molar refractivity (Wildman–Crippen MR) is 140 cm³/mol. The average molecular weight is 513 g/mol. The second-order valence-corrected chi connectivity index (χ2v) is 9.56. The summed E-state index contributed by atoms with van der Waals surface area (Å²) in [6, 6.07) is 11.0. The fourth-order valence-corrected chi connectivity index (χ4v) is 5.25. The van der Waals surface area contributed by atoms with E-state index in [0.717, 1.165) is 30.0 Å². The number of hydrogen-bond donors (Lipinski definition) is 2. The van der Waals surface area contributed by atoms with E-state index < -0.39 is 0 Å². The van der Waals surface area contributed by atoms with Crippen LogP contribution in [0.4, 0.5) is 28.8 Å². The molecule has 1 amide bonds. The Morgan fingerprint density at radius 3 is 2.54 bits per heavy atom. The maximum absolute atomic E-state index is 13.3. The van der Waals surface area contributed by atoms with Crippen molar-refractivity contribution in [2.24, 2.45) is 0 Å². The number of aromatic nitrogens is 2. The molecule has 0 atom stereocenters. The summed E-state index contributed by atoms with van der Waals surface area (Å²) >= 11 is 12.7. The van der Waals surface area contributed by atoms with Crippen LogP contribution in [0.2, 0.25) is 10.0 Å². The Bertz CT molecular complexity index is 1240. The molecule has 10 heteroatoms. The zero-order valence-corrected chi connectivity index (χ0v) is 20.9. The van der Waals surface area contributed by atoms with Crippen molar-refractivity contribution in [1.29, 1.82) is 0 Å². The molecule has 8 nitrogen and oxygen atoms in total. The van der Waals surface area contributed by atoms with Gasteiger partial charge in [0.1, 0.15) is 11.4 Å². The van der Waals surface area contributed by atoms with Crippen LogP contribution in [0.3, 0.4) is 0 Å². The highest BCUT2D eigenvalue weighted by atomic mass is 35.5. The van der Waals surface area contributed by atoms with E-state index in [2.05, 4.69) is 20.2 Å². The molecular formula is C25H26Cl2N6O2. The number of aliphatic hydroxyl groups is 1. The highest BCUT2D eigenvalue weighted by Crippen LogP contribution is 2.37. The van der Waals surface area contributed by atoms with Crippen LogP contribution in [0.15, 0.2) is 42.6 Å². The van der Waals surface area contributed by atoms with Crippen LogP contribution < -0.4 is 20.0 Å². The summed E-state index contributed by atoms with van der Waals surface area (Å²) < 4.78 is 0. The number of aliphatic hydroxyl groups excluding tert-OH is 1. The SMILES string of the molecule is CN1CN(c2c(Cl)cccc2Cl)C(=O)c2cnc(Nc3ccc(N4CCCCC4)c(CO)c3)nc21. The number of anilines is 5. The van der Waals surface area contributed by atoms with Crippen molar-refractivity contribution >= 4 is 57.9 Å². The molecule has 2 N–H and O–H groups in total. The number of amides is 1. The summed E-state index contributed by atoms with van der Waals surface area (Å²) in [6.45, 7) is 2.20. The lowest BCUT2D eigenvalue weighted by atomic mass is 10.1. The second kappa shape index (κ2) is 9.89. The third-order valence-corrected chi connectivity index (χ3v) is 6.98. The van der Waals surface area contributed by atoms with Crippen LogP contribution in [0, 0.1) is 0 Å². The fraction of sp³-hybridized carbons (Fsp3) is 0.320. The predicted octanol–water partition coefficient (Wildman–Crippen LogP) is 5.06. The number of fused-ring (bicyclic) bond motifs is 1. The summed E-state index contributed by atoms with van der Waals surface area (Å²) in [6.07, 6.45) is 5.09. The van der Waals surface area contributed by atoms with Gasteiger partial charge in [0.15, 0.2) is 0 Å². The second-order valence-electron chi connectivity index (χ2n) is 8.75. The van der Waals surface area contributed by atoms with Crippen molar-refractivity contribution in [2.45, 2.75) is 25.9 Å². The van der Waals surface area contributed by atoms with E-state index in [-0.39, 0.29) is 19.2 Å². The van der Waals surface area contributed by atoms with E-state index in [9.17, 15) is 9.90 Å². The lowest BCUT2D eigenvalue weighted by Gasteiger charge is -2.35. The van der Waals surface area contributed by atoms with E-state index in [1.54, 1.807) is 18.2 Å². The smallest absolute Gasteiger partial charge is 0.265 e. The Hall–Kier alpha value is -3.07. The molecule has 2 aliphatic heterocycles. The highest BCUT2D eigenvalue weighted by molar-refractivity contribution is 6.40. The summed E-state index contributed by atoms with van der Waals surface area (Å²) in [5.41, 5.74) is 3.51. The largest absolute Gasteiger partial charge is 0.392 e. The van der Waals surface area contributed by atoms with Gasteiger partial charge in [0.05, 0.1) is 29.0 Å². The summed E-state index contributed by atoms with van der Waals surface area (Å²) in [4.78, 5) is 27.9. The number of nitrogens with one attached hydrogen (secondary N) is 1. The normalized spacial score (nSPS) is 15.9. The van der Waals surface area contributed by atoms with Crippen molar-refractivity contribution in [3.05, 3.63) is 63.8 Å². The standard InChI is InChI=1S/C25H26Cl2N6O2/c1-31-15-33(22-19(26)6-5-7-20(22)27)24(35)18-13-28-25(30-23(18)31)29-17-8-9-21(16(12-17)14-34)32-10-3-2-4-11-32/h5-9,12-13,34H,2-4,10-11,14-15H2,1H3,(H,28,29,30). The molecule has 0 saturated carbocycles. The lowest BCUT2D eigenvalue weighted by molar-refractivity contribution is 0.0982. The third kappa shape index (κ3) is 4.61. The number of benzene rings is 2. The van der Waals surface area contributed by atoms with Crippen LogP contribution in [0.5, 0.6) is 0 Å². The van der Waals surface area contributed by atoms with E-state index >= 15 is 0 Å². The van der Waals surface area contributed by atoms with Crippen LogP contribution in [0.25, 0.3) is 0 Å². The summed E-state index contributed by atoms with van der Waals surface area (Å²) in [5, 5.41) is 14.0. The maximum atomic E-state index is 13.3. The van der Waals surface area contributed by atoms with Gasteiger partial charge in [-0.05, 0) is 49.6 Å². The number of para-hydroxylation sites is 1. The van der Waals surface area contributed by atoms with Crippen molar-refractivity contribution < 1.29 is 9.90 Å². The number of rotatable bonds is 5. The zero-order valence-electron chi connectivity index (χ0n) is 19.3. The van der Waals surface area contributed by atoms with Gasteiger partial charge in [0.25, 0.3) is 5.91 Å². The molecule has 0 unspecified atom stereocenters. The summed E-state index contributed by atoms with van der Waals surface area (Å²) in [7, 11) is 1.84. The molecule has 3 heterocycles. The molecule has 0 bridgehead atoms. The van der Waals surface area contributed by atoms with Crippen molar-refractivity contribution in [3.8, 4) is 0 Å². The van der Waals surface area contributed by atoms with Crippen molar-refractivity contribution in [3.63, 3.8) is 0 Å². The molecule has 1 fully saturated rings. The minimum absolute atomic E-state index is 0.0515. The van der Waals surface area contributed by atoms with E-state index in [1.165, 1.54) is 30.4 Å². The number of carbonyl (C=O) groups excluding carboxylic acids is 1. The number of halogens is 2. The maximum Gasteiger partial charge on any atom is 0.265 e. The molecule has 0 radical (unpaired) electrons. The molecule has 5 rings (SSSR count). The average Bonchev–Trinajstić information content (AvgIpc) is 2.87. The first-order valence-corrected chi connectivity index (χ1v) is 12.3. The van der Waals surface area contributed by atoms with Crippen LogP contribution >= 0.6 is 23.2 Å². The molecule has 2 aromatic carbocycles. The van der Waals surface area contributed by atoms with E-state index in [4.69, 9.17) is 23.2 Å². The molecule has 0 aliphatic carbocycles. The van der Waals surface area contributed by atoms with Gasteiger partial charge < -0.3 is 20.2 Å². The first-order valence-electron chi connectivity index (χ1n) is 11.6. The topological polar surface area (TPSA) is 84.8 Å². The van der Waals surface area contributed by atoms with Gasteiger partial charge in [-0.2, -0.15) is 4.98 Å². The molecular weight excluding hydrogens is 487 g/mol. The molecule has 3 aromatic rings. The minimum Gasteiger partial charge on any atom is -0.392 e. The van der Waals surface area contributed by atoms with Gasteiger partial charge >= 0.3 is 0 Å². The Labute approximate surface area is 214 Å². The first-order chi connectivity index (χ1) is 17.0. The van der Waals surface area contributed by atoms with E-state index in [1.807, 2.05) is 30.1 Å². The lowest BCUT2D eigenvalue weighted by Crippen LogP contribution is -2.46. The van der Waals surface area contributed by atoms with Crippen molar-refractivity contribution in [1.82, 2.24) is 9.97 Å². The minimum atomic E-state index is -0.270. The Balaban J connectivity index is 1.40. The Kier molecular flexibility index (Phi) is 6.69. The Morgan fingerprint density at radius 1 is 1.09 bits per heavy atom. The summed E-state index contributed by atoms with van der Waals surface area (Å²) in [5.74, 6) is 0.606. The van der Waals surface area contributed by atoms with Gasteiger partial charge in [-0.25, -0.2) is 4.98 Å². The van der Waals surface area contributed by atoms with Gasteiger partial charge in [0.2, 0.25) is 5.95 Å². The van der Waals surface area contributed by atoms with Crippen LogP contribution in [-0.2, 0) is 6.61 Å². The van der Waals surface area contributed by atoms with Crippen molar-refractivity contribution in [2.75, 3.05) is 46.8 Å². The van der Waals surface area contributed by atoms with Gasteiger partial charge in [-0.15, -0.1) is 0 Å². The number of hydrogen-bond acceptors (Lipinski definition) is 7. The molecule has 1 aromatic heterocycles. The van der Waals surface area contributed by atoms with Crippen LogP contribution in [0.1, 0.15) is 35.2 Å². The number of nitrogens with zero attached hydrogens (tertiary/aromatic N) is 5. The molecule has 2 aliphatic rings. The third-order valence-electron chi connectivity index (χ3n) is 6.37. The van der Waals surface area contributed by atoms with Gasteiger partial charge in [-0.3, -0.25) is 9.69 Å². The molecule has 1 saturated heterocycles. The van der Waals surface area contributed by atoms with Gasteiger partial charge in [-0.1, -0.05) is 29.3 Å². The molecule has 0 spiro atoms. The monoisotopic (exact) mass is 512 g/mol. The number of piperidine rings is 1.